The minimum absolute atomic E-state index is 0.177. The Balaban J connectivity index is 2.64. The topological polar surface area (TPSA) is 70.1 Å². The van der Waals surface area contributed by atoms with Crippen molar-refractivity contribution >= 4 is 0 Å². The second kappa shape index (κ2) is 5.09. The van der Waals surface area contributed by atoms with Crippen LogP contribution in [0, 0.1) is 0 Å². The normalized spacial score (nSPS) is 11.4. The molecule has 5 nitrogen and oxygen atoms in total. The van der Waals surface area contributed by atoms with Gasteiger partial charge in [-0.05, 0) is 32.0 Å². The number of nitrogens with two attached hydrogens (primary N) is 1. The number of hydrogen-bond acceptors (Lipinski definition) is 4. The van der Waals surface area contributed by atoms with Crippen molar-refractivity contribution in [1.29, 1.82) is 0 Å². The van der Waals surface area contributed by atoms with E-state index in [2.05, 4.69) is 5.10 Å². The standard InChI is InChI=1S/C15H19N3O2/c1-15(2,16)12-9-13(17-18(3)14(12)19)10-6-5-7-11(8-10)20-4/h5-9H,16H2,1-4H3. The van der Waals surface area contributed by atoms with Crippen LogP contribution in [0.3, 0.4) is 0 Å². The molecule has 0 bridgehead atoms. The van der Waals surface area contributed by atoms with E-state index < -0.39 is 5.54 Å². The summed E-state index contributed by atoms with van der Waals surface area (Å²) >= 11 is 0. The average Bonchev–Trinajstić information content (AvgIpc) is 2.40. The van der Waals surface area contributed by atoms with E-state index in [0.29, 0.717) is 11.3 Å². The van der Waals surface area contributed by atoms with Crippen molar-refractivity contribution in [2.24, 2.45) is 12.8 Å². The monoisotopic (exact) mass is 273 g/mol. The van der Waals surface area contributed by atoms with Crippen LogP contribution in [0.4, 0.5) is 0 Å². The van der Waals surface area contributed by atoms with Crippen LogP contribution in [0.15, 0.2) is 35.1 Å². The molecular weight excluding hydrogens is 254 g/mol. The Hall–Kier alpha value is -2.14. The largest absolute Gasteiger partial charge is 0.497 e. The van der Waals surface area contributed by atoms with Gasteiger partial charge in [0.05, 0.1) is 12.8 Å². The van der Waals surface area contributed by atoms with E-state index in [1.807, 2.05) is 24.3 Å². The molecule has 106 valence electrons. The van der Waals surface area contributed by atoms with Crippen LogP contribution in [0.5, 0.6) is 5.75 Å². The third-order valence-corrected chi connectivity index (χ3v) is 3.12. The lowest BCUT2D eigenvalue weighted by Gasteiger charge is -2.19. The van der Waals surface area contributed by atoms with E-state index in [0.717, 1.165) is 11.3 Å². The van der Waals surface area contributed by atoms with Crippen LogP contribution in [0.2, 0.25) is 0 Å². The van der Waals surface area contributed by atoms with Crippen LogP contribution in [0.1, 0.15) is 19.4 Å². The number of aryl methyl sites for hydroxylation is 1. The number of ether oxygens (including phenoxy) is 1. The Labute approximate surface area is 118 Å². The van der Waals surface area contributed by atoms with Gasteiger partial charge in [-0.2, -0.15) is 5.10 Å². The fourth-order valence-corrected chi connectivity index (χ4v) is 1.99. The van der Waals surface area contributed by atoms with E-state index in [9.17, 15) is 4.79 Å². The van der Waals surface area contributed by atoms with Gasteiger partial charge < -0.3 is 10.5 Å². The number of benzene rings is 1. The molecule has 1 aromatic heterocycles. The first-order valence-electron chi connectivity index (χ1n) is 6.35. The fourth-order valence-electron chi connectivity index (χ4n) is 1.99. The van der Waals surface area contributed by atoms with Crippen LogP contribution < -0.4 is 16.0 Å². The van der Waals surface area contributed by atoms with Crippen molar-refractivity contribution in [3.63, 3.8) is 0 Å². The van der Waals surface area contributed by atoms with E-state index in [4.69, 9.17) is 10.5 Å². The molecule has 5 heteroatoms. The summed E-state index contributed by atoms with van der Waals surface area (Å²) in [7, 11) is 3.24. The molecule has 0 saturated carbocycles. The predicted octanol–water partition coefficient (Wildman–Crippen LogP) is 1.65. The lowest BCUT2D eigenvalue weighted by atomic mass is 9.96. The van der Waals surface area contributed by atoms with E-state index in [-0.39, 0.29) is 5.56 Å². The molecular formula is C15H19N3O2. The molecule has 2 rings (SSSR count). The molecule has 1 aromatic carbocycles. The van der Waals surface area contributed by atoms with Gasteiger partial charge in [-0.15, -0.1) is 0 Å². The maximum atomic E-state index is 12.1. The van der Waals surface area contributed by atoms with E-state index >= 15 is 0 Å². The average molecular weight is 273 g/mol. The zero-order chi connectivity index (χ0) is 14.9. The first-order chi connectivity index (χ1) is 9.32. The van der Waals surface area contributed by atoms with Gasteiger partial charge in [-0.25, -0.2) is 4.68 Å². The van der Waals surface area contributed by atoms with Gasteiger partial charge in [0.25, 0.3) is 5.56 Å². The Bertz CT molecular complexity index is 684. The number of nitrogens with zero attached hydrogens (tertiary/aromatic N) is 2. The second-order valence-corrected chi connectivity index (χ2v) is 5.33. The molecule has 0 radical (unpaired) electrons. The summed E-state index contributed by atoms with van der Waals surface area (Å²) in [6.45, 7) is 3.61. The third-order valence-electron chi connectivity index (χ3n) is 3.12. The van der Waals surface area contributed by atoms with Crippen LogP contribution in [-0.4, -0.2) is 16.9 Å². The van der Waals surface area contributed by atoms with Gasteiger partial charge in [-0.1, -0.05) is 12.1 Å². The van der Waals surface area contributed by atoms with Gasteiger partial charge in [0, 0.05) is 23.7 Å². The highest BCUT2D eigenvalue weighted by Gasteiger charge is 2.21. The Kier molecular flexibility index (Phi) is 3.63. The minimum atomic E-state index is -0.717. The van der Waals surface area contributed by atoms with Gasteiger partial charge in [-0.3, -0.25) is 4.79 Å². The Morgan fingerprint density at radius 3 is 2.60 bits per heavy atom. The van der Waals surface area contributed by atoms with Crippen molar-refractivity contribution in [1.82, 2.24) is 9.78 Å². The second-order valence-electron chi connectivity index (χ2n) is 5.33. The van der Waals surface area contributed by atoms with E-state index in [1.54, 1.807) is 34.1 Å². The van der Waals surface area contributed by atoms with Crippen molar-refractivity contribution in [2.75, 3.05) is 7.11 Å². The van der Waals surface area contributed by atoms with Crippen LogP contribution in [0.25, 0.3) is 11.3 Å². The molecule has 0 spiro atoms. The summed E-state index contributed by atoms with van der Waals surface area (Å²) in [5, 5.41) is 4.29. The SMILES string of the molecule is COc1cccc(-c2cc(C(C)(C)N)c(=O)n(C)n2)c1. The quantitative estimate of drug-likeness (QED) is 0.923. The molecule has 0 amide bonds. The highest BCUT2D eigenvalue weighted by Crippen LogP contribution is 2.23. The molecule has 0 aliphatic rings. The number of aromatic nitrogens is 2. The molecule has 0 aliphatic heterocycles. The van der Waals surface area contributed by atoms with Gasteiger partial charge >= 0.3 is 0 Å². The maximum Gasteiger partial charge on any atom is 0.271 e. The highest BCUT2D eigenvalue weighted by molar-refractivity contribution is 5.61. The van der Waals surface area contributed by atoms with Crippen molar-refractivity contribution in [3.05, 3.63) is 46.2 Å². The molecule has 2 aromatic rings. The molecule has 20 heavy (non-hydrogen) atoms. The minimum Gasteiger partial charge on any atom is -0.497 e. The van der Waals surface area contributed by atoms with Gasteiger partial charge in [0.15, 0.2) is 0 Å². The van der Waals surface area contributed by atoms with Crippen LogP contribution >= 0.6 is 0 Å². The number of rotatable bonds is 3. The Morgan fingerprint density at radius 1 is 1.30 bits per heavy atom. The summed E-state index contributed by atoms with van der Waals surface area (Å²) in [5.41, 5.74) is 7.28. The maximum absolute atomic E-state index is 12.1. The zero-order valence-corrected chi connectivity index (χ0v) is 12.2. The third kappa shape index (κ3) is 2.72. The molecule has 0 unspecified atom stereocenters. The summed E-state index contributed by atoms with van der Waals surface area (Å²) in [6.07, 6.45) is 0. The zero-order valence-electron chi connectivity index (χ0n) is 12.2. The smallest absolute Gasteiger partial charge is 0.271 e. The van der Waals surface area contributed by atoms with Crippen LogP contribution in [-0.2, 0) is 12.6 Å². The number of methoxy groups -OCH3 is 1. The molecule has 0 fully saturated rings. The Morgan fingerprint density at radius 2 is 2.00 bits per heavy atom. The molecule has 0 saturated heterocycles. The van der Waals surface area contributed by atoms with Gasteiger partial charge in [0.2, 0.25) is 0 Å². The highest BCUT2D eigenvalue weighted by atomic mass is 16.5. The van der Waals surface area contributed by atoms with Crippen molar-refractivity contribution in [2.45, 2.75) is 19.4 Å². The molecule has 0 atom stereocenters. The molecule has 0 aliphatic carbocycles. The van der Waals surface area contributed by atoms with E-state index in [1.165, 1.54) is 4.68 Å². The fraction of sp³-hybridized carbons (Fsp3) is 0.333. The summed E-state index contributed by atoms with van der Waals surface area (Å²) in [6, 6.07) is 9.29. The van der Waals surface area contributed by atoms with Crippen molar-refractivity contribution < 1.29 is 4.74 Å². The first kappa shape index (κ1) is 14.3. The van der Waals surface area contributed by atoms with Crippen molar-refractivity contribution in [3.8, 4) is 17.0 Å². The number of hydrogen-bond donors (Lipinski definition) is 1. The first-order valence-corrected chi connectivity index (χ1v) is 6.35. The lowest BCUT2D eigenvalue weighted by molar-refractivity contribution is 0.415. The summed E-state index contributed by atoms with van der Waals surface area (Å²) in [4.78, 5) is 12.1. The predicted molar refractivity (Wildman–Crippen MR) is 78.7 cm³/mol. The van der Waals surface area contributed by atoms with Gasteiger partial charge in [0.1, 0.15) is 5.75 Å². The molecule has 1 heterocycles. The summed E-state index contributed by atoms with van der Waals surface area (Å²) < 4.78 is 6.53. The lowest BCUT2D eigenvalue weighted by Crippen LogP contribution is -2.38. The molecule has 2 N–H and O–H groups in total. The summed E-state index contributed by atoms with van der Waals surface area (Å²) in [5.74, 6) is 0.742.